The lowest BCUT2D eigenvalue weighted by atomic mass is 9.84. The van der Waals surface area contributed by atoms with E-state index in [0.717, 1.165) is 18.0 Å². The minimum atomic E-state index is 0.375. The summed E-state index contributed by atoms with van der Waals surface area (Å²) in [5, 5.41) is 3.80. The zero-order valence-electron chi connectivity index (χ0n) is 12.3. The first kappa shape index (κ1) is 13.4. The zero-order valence-corrected chi connectivity index (χ0v) is 12.3. The largest absolute Gasteiger partial charge is 0.311 e. The van der Waals surface area contributed by atoms with Crippen LogP contribution in [0.2, 0.25) is 0 Å². The van der Waals surface area contributed by atoms with Crippen LogP contribution in [-0.2, 0) is 0 Å². The van der Waals surface area contributed by atoms with Crippen molar-refractivity contribution in [1.82, 2.24) is 10.2 Å². The minimum Gasteiger partial charge on any atom is -0.311 e. The molecular weight excluding hydrogens is 208 g/mol. The molecule has 2 rings (SSSR count). The molecule has 3 atom stereocenters. The van der Waals surface area contributed by atoms with E-state index in [0.29, 0.717) is 11.5 Å². The summed E-state index contributed by atoms with van der Waals surface area (Å²) in [6, 6.07) is 2.20. The van der Waals surface area contributed by atoms with Gasteiger partial charge in [-0.1, -0.05) is 27.7 Å². The van der Waals surface area contributed by atoms with E-state index in [1.54, 1.807) is 0 Å². The first-order valence-electron chi connectivity index (χ1n) is 7.42. The number of hydrogen-bond acceptors (Lipinski definition) is 2. The van der Waals surface area contributed by atoms with Gasteiger partial charge in [0.15, 0.2) is 0 Å². The fourth-order valence-corrected chi connectivity index (χ4v) is 3.03. The number of nitrogens with one attached hydrogen (secondary N) is 1. The van der Waals surface area contributed by atoms with Crippen LogP contribution in [0.25, 0.3) is 0 Å². The highest BCUT2D eigenvalue weighted by molar-refractivity contribution is 4.99. The Morgan fingerprint density at radius 2 is 1.94 bits per heavy atom. The topological polar surface area (TPSA) is 15.3 Å². The molecule has 2 heteroatoms. The van der Waals surface area contributed by atoms with Gasteiger partial charge in [-0.15, -0.1) is 0 Å². The molecule has 1 saturated heterocycles. The first-order valence-corrected chi connectivity index (χ1v) is 7.42. The quantitative estimate of drug-likeness (QED) is 0.813. The van der Waals surface area contributed by atoms with E-state index in [1.807, 2.05) is 0 Å². The maximum absolute atomic E-state index is 3.80. The van der Waals surface area contributed by atoms with Gasteiger partial charge in [-0.25, -0.2) is 0 Å². The molecule has 1 saturated carbocycles. The molecular formula is C15H30N2. The van der Waals surface area contributed by atoms with E-state index in [9.17, 15) is 0 Å². The third-order valence-corrected chi connectivity index (χ3v) is 4.76. The Hall–Kier alpha value is -0.0800. The maximum Gasteiger partial charge on any atom is 0.0252 e. The van der Waals surface area contributed by atoms with Crippen molar-refractivity contribution >= 4 is 0 Å². The summed E-state index contributed by atoms with van der Waals surface area (Å²) in [5.41, 5.74) is 0.375. The highest BCUT2D eigenvalue weighted by atomic mass is 15.3. The van der Waals surface area contributed by atoms with Crippen LogP contribution in [0.1, 0.15) is 53.9 Å². The van der Waals surface area contributed by atoms with Gasteiger partial charge >= 0.3 is 0 Å². The van der Waals surface area contributed by atoms with Crippen LogP contribution >= 0.6 is 0 Å². The molecule has 100 valence electrons. The monoisotopic (exact) mass is 238 g/mol. The molecule has 0 spiro atoms. The molecule has 0 aromatic carbocycles. The summed E-state index contributed by atoms with van der Waals surface area (Å²) in [6.45, 7) is 14.2. The highest BCUT2D eigenvalue weighted by Gasteiger charge is 2.42. The fourth-order valence-electron chi connectivity index (χ4n) is 3.03. The van der Waals surface area contributed by atoms with Crippen molar-refractivity contribution < 1.29 is 0 Å². The fraction of sp³-hybridized carbons (Fsp3) is 1.00. The van der Waals surface area contributed by atoms with Crippen molar-refractivity contribution in [1.29, 1.82) is 0 Å². The Bertz CT molecular complexity index is 252. The van der Waals surface area contributed by atoms with E-state index in [2.05, 4.69) is 44.8 Å². The summed E-state index contributed by atoms with van der Waals surface area (Å²) in [4.78, 5) is 2.80. The minimum absolute atomic E-state index is 0.375. The Kier molecular flexibility index (Phi) is 3.84. The average Bonchev–Trinajstić information content (AvgIpc) is 3.10. The van der Waals surface area contributed by atoms with Gasteiger partial charge < -0.3 is 5.32 Å². The molecule has 0 aromatic rings. The van der Waals surface area contributed by atoms with Crippen molar-refractivity contribution in [3.8, 4) is 0 Å². The van der Waals surface area contributed by atoms with Crippen molar-refractivity contribution in [2.75, 3.05) is 13.1 Å². The molecule has 17 heavy (non-hydrogen) atoms. The molecule has 0 amide bonds. The maximum atomic E-state index is 3.80. The van der Waals surface area contributed by atoms with Crippen LogP contribution in [0.3, 0.4) is 0 Å². The van der Waals surface area contributed by atoms with Crippen LogP contribution in [-0.4, -0.2) is 36.1 Å². The predicted octanol–water partition coefficient (Wildman–Crippen LogP) is 2.88. The molecule has 1 heterocycles. The van der Waals surface area contributed by atoms with Crippen LogP contribution in [0.15, 0.2) is 0 Å². The Morgan fingerprint density at radius 1 is 1.29 bits per heavy atom. The van der Waals surface area contributed by atoms with Gasteiger partial charge in [0, 0.05) is 31.2 Å². The summed E-state index contributed by atoms with van der Waals surface area (Å²) in [7, 11) is 0. The lowest BCUT2D eigenvalue weighted by Crippen LogP contribution is -2.62. The second kappa shape index (κ2) is 4.89. The van der Waals surface area contributed by atoms with Crippen molar-refractivity contribution in [2.24, 2.45) is 11.3 Å². The number of rotatable bonds is 3. The second-order valence-electron chi connectivity index (χ2n) is 7.19. The van der Waals surface area contributed by atoms with Gasteiger partial charge in [0.05, 0.1) is 0 Å². The van der Waals surface area contributed by atoms with Crippen LogP contribution in [0.5, 0.6) is 0 Å². The molecule has 2 fully saturated rings. The smallest absolute Gasteiger partial charge is 0.0252 e. The first-order chi connectivity index (χ1) is 7.93. The summed E-state index contributed by atoms with van der Waals surface area (Å²) in [5.74, 6) is 0.984. The van der Waals surface area contributed by atoms with E-state index < -0.39 is 0 Å². The van der Waals surface area contributed by atoms with Crippen molar-refractivity contribution in [2.45, 2.75) is 72.0 Å². The molecule has 2 aliphatic rings. The van der Waals surface area contributed by atoms with Gasteiger partial charge in [-0.3, -0.25) is 4.90 Å². The van der Waals surface area contributed by atoms with Crippen LogP contribution < -0.4 is 5.32 Å². The molecule has 2 nitrogen and oxygen atoms in total. The van der Waals surface area contributed by atoms with Gasteiger partial charge in [0.25, 0.3) is 0 Å². The van der Waals surface area contributed by atoms with Crippen LogP contribution in [0.4, 0.5) is 0 Å². The Labute approximate surface area is 107 Å². The molecule has 1 aliphatic heterocycles. The second-order valence-corrected chi connectivity index (χ2v) is 7.19. The normalized spacial score (nSPS) is 33.7. The molecule has 1 N–H and O–H groups in total. The van der Waals surface area contributed by atoms with Crippen LogP contribution in [0, 0.1) is 11.3 Å². The van der Waals surface area contributed by atoms with Crippen molar-refractivity contribution in [3.05, 3.63) is 0 Å². The van der Waals surface area contributed by atoms with E-state index in [4.69, 9.17) is 0 Å². The molecule has 0 aromatic heterocycles. The van der Waals surface area contributed by atoms with Gasteiger partial charge in [0.2, 0.25) is 0 Å². The van der Waals surface area contributed by atoms with Gasteiger partial charge in [-0.2, -0.15) is 0 Å². The standard InChI is InChI=1S/C15H30N2/c1-6-11(2)17-10-14(15(3,4)5)16-9-13(17)12-7-8-12/h11-14,16H,6-10H2,1-5H3. The zero-order chi connectivity index (χ0) is 12.6. The Balaban J connectivity index is 2.04. The molecule has 1 aliphatic carbocycles. The molecule has 0 radical (unpaired) electrons. The van der Waals surface area contributed by atoms with Gasteiger partial charge in [-0.05, 0) is 37.5 Å². The number of piperazine rings is 1. The summed E-state index contributed by atoms with van der Waals surface area (Å²) < 4.78 is 0. The summed E-state index contributed by atoms with van der Waals surface area (Å²) >= 11 is 0. The van der Waals surface area contributed by atoms with E-state index in [-0.39, 0.29) is 0 Å². The lowest BCUT2D eigenvalue weighted by molar-refractivity contribution is 0.0440. The van der Waals surface area contributed by atoms with E-state index >= 15 is 0 Å². The highest BCUT2D eigenvalue weighted by Crippen LogP contribution is 2.38. The SMILES string of the molecule is CCC(C)N1CC(C(C)(C)C)NCC1C1CC1. The predicted molar refractivity (Wildman–Crippen MR) is 74.2 cm³/mol. The summed E-state index contributed by atoms with van der Waals surface area (Å²) in [6.07, 6.45) is 4.19. The van der Waals surface area contributed by atoms with Crippen molar-refractivity contribution in [3.63, 3.8) is 0 Å². The molecule has 3 unspecified atom stereocenters. The third kappa shape index (κ3) is 3.03. The average molecular weight is 238 g/mol. The van der Waals surface area contributed by atoms with E-state index in [1.165, 1.54) is 32.4 Å². The molecule has 0 bridgehead atoms. The number of nitrogens with zero attached hydrogens (tertiary/aromatic N) is 1. The third-order valence-electron chi connectivity index (χ3n) is 4.76. The number of hydrogen-bond donors (Lipinski definition) is 1. The van der Waals surface area contributed by atoms with Gasteiger partial charge in [0.1, 0.15) is 0 Å². The lowest BCUT2D eigenvalue weighted by Gasteiger charge is -2.47. The Morgan fingerprint density at radius 3 is 2.41 bits per heavy atom.